The van der Waals surface area contributed by atoms with Gasteiger partial charge in [-0.3, -0.25) is 9.59 Å². The van der Waals surface area contributed by atoms with Gasteiger partial charge in [0.15, 0.2) is 0 Å². The van der Waals surface area contributed by atoms with Crippen molar-refractivity contribution in [1.82, 2.24) is 5.43 Å². The van der Waals surface area contributed by atoms with Gasteiger partial charge in [0.2, 0.25) is 0 Å². The Morgan fingerprint density at radius 3 is 2.54 bits per heavy atom. The number of rotatable bonds is 4. The zero-order valence-corrected chi connectivity index (χ0v) is 16.2. The van der Waals surface area contributed by atoms with Crippen molar-refractivity contribution in [3.63, 3.8) is 0 Å². The molecule has 1 aromatic heterocycles. The van der Waals surface area contributed by atoms with Crippen LogP contribution < -0.4 is 10.7 Å². The Morgan fingerprint density at radius 2 is 1.79 bits per heavy atom. The van der Waals surface area contributed by atoms with E-state index in [1.165, 1.54) is 6.21 Å². The van der Waals surface area contributed by atoms with Crippen molar-refractivity contribution in [3.8, 4) is 11.3 Å². The van der Waals surface area contributed by atoms with E-state index in [1.807, 2.05) is 12.1 Å². The summed E-state index contributed by atoms with van der Waals surface area (Å²) in [5.41, 5.74) is 4.19. The van der Waals surface area contributed by atoms with Crippen LogP contribution in [0.2, 0.25) is 10.0 Å². The topological polar surface area (TPSA) is 83.7 Å². The summed E-state index contributed by atoms with van der Waals surface area (Å²) in [5, 5.41) is 7.37. The fraction of sp³-hybridized carbons (Fsp3) is 0.0500. The molecule has 2 aromatic carbocycles. The summed E-state index contributed by atoms with van der Waals surface area (Å²) in [5.74, 6) is -0.746. The van der Waals surface area contributed by atoms with Crippen molar-refractivity contribution in [2.45, 2.75) is 6.92 Å². The molecule has 28 heavy (non-hydrogen) atoms. The SMILES string of the molecule is Cc1cc(Cl)ccc1NC(=O)C(=O)N/N=C/c1ccc(-c2cccc(Cl)c2)o1. The summed E-state index contributed by atoms with van der Waals surface area (Å²) in [6.45, 7) is 1.77. The van der Waals surface area contributed by atoms with Crippen LogP contribution >= 0.6 is 23.2 Å². The summed E-state index contributed by atoms with van der Waals surface area (Å²) < 4.78 is 5.62. The lowest BCUT2D eigenvalue weighted by molar-refractivity contribution is -0.136. The van der Waals surface area contributed by atoms with E-state index in [2.05, 4.69) is 15.8 Å². The Hall–Kier alpha value is -3.09. The first-order valence-corrected chi connectivity index (χ1v) is 8.94. The summed E-state index contributed by atoms with van der Waals surface area (Å²) in [7, 11) is 0. The van der Waals surface area contributed by atoms with Crippen LogP contribution in [0.4, 0.5) is 5.69 Å². The predicted molar refractivity (Wildman–Crippen MR) is 110 cm³/mol. The molecule has 2 N–H and O–H groups in total. The van der Waals surface area contributed by atoms with E-state index in [-0.39, 0.29) is 0 Å². The van der Waals surface area contributed by atoms with E-state index in [9.17, 15) is 9.59 Å². The molecule has 3 aromatic rings. The second-order valence-electron chi connectivity index (χ2n) is 5.82. The molecule has 0 unspecified atom stereocenters. The lowest BCUT2D eigenvalue weighted by Gasteiger charge is -2.07. The van der Waals surface area contributed by atoms with Crippen LogP contribution in [0, 0.1) is 6.92 Å². The summed E-state index contributed by atoms with van der Waals surface area (Å²) >= 11 is 11.8. The maximum absolute atomic E-state index is 11.9. The maximum Gasteiger partial charge on any atom is 0.329 e. The number of hydrazone groups is 1. The van der Waals surface area contributed by atoms with Gasteiger partial charge in [0.05, 0.1) is 6.21 Å². The number of carbonyl (C=O) groups excluding carboxylic acids is 2. The molecule has 0 bridgehead atoms. The molecule has 142 valence electrons. The minimum Gasteiger partial charge on any atom is -0.455 e. The number of furan rings is 1. The summed E-state index contributed by atoms with van der Waals surface area (Å²) in [6, 6.07) is 15.6. The first kappa shape index (κ1) is 19.7. The van der Waals surface area contributed by atoms with Gasteiger partial charge in [-0.05, 0) is 55.0 Å². The lowest BCUT2D eigenvalue weighted by atomic mass is 10.2. The number of amides is 2. The van der Waals surface area contributed by atoms with Gasteiger partial charge in [-0.1, -0.05) is 35.3 Å². The van der Waals surface area contributed by atoms with E-state index in [4.69, 9.17) is 27.6 Å². The minimum atomic E-state index is -0.910. The van der Waals surface area contributed by atoms with Gasteiger partial charge in [0.25, 0.3) is 0 Å². The smallest absolute Gasteiger partial charge is 0.329 e. The van der Waals surface area contributed by atoms with Gasteiger partial charge >= 0.3 is 11.8 Å². The molecule has 2 amide bonds. The molecule has 0 aliphatic carbocycles. The van der Waals surface area contributed by atoms with Crippen molar-refractivity contribution >= 4 is 46.9 Å². The van der Waals surface area contributed by atoms with Crippen molar-refractivity contribution in [2.75, 3.05) is 5.32 Å². The fourth-order valence-corrected chi connectivity index (χ4v) is 2.79. The number of hydrogen-bond acceptors (Lipinski definition) is 4. The Morgan fingerprint density at radius 1 is 1.00 bits per heavy atom. The van der Waals surface area contributed by atoms with Crippen molar-refractivity contribution < 1.29 is 14.0 Å². The molecule has 0 radical (unpaired) electrons. The molecule has 0 fully saturated rings. The molecule has 0 atom stereocenters. The van der Waals surface area contributed by atoms with Gasteiger partial charge in [0, 0.05) is 21.3 Å². The Labute approximate surface area is 171 Å². The third-order valence-corrected chi connectivity index (χ3v) is 4.21. The molecule has 0 spiro atoms. The second-order valence-corrected chi connectivity index (χ2v) is 6.70. The van der Waals surface area contributed by atoms with Gasteiger partial charge in [-0.2, -0.15) is 5.10 Å². The van der Waals surface area contributed by atoms with Gasteiger partial charge in [-0.15, -0.1) is 0 Å². The quantitative estimate of drug-likeness (QED) is 0.369. The number of halogens is 2. The number of anilines is 1. The highest BCUT2D eigenvalue weighted by Gasteiger charge is 2.14. The number of nitrogens with zero attached hydrogens (tertiary/aromatic N) is 1. The third kappa shape index (κ3) is 5.00. The third-order valence-electron chi connectivity index (χ3n) is 3.74. The van der Waals surface area contributed by atoms with Crippen LogP contribution in [0.25, 0.3) is 11.3 Å². The second kappa shape index (κ2) is 8.73. The number of aryl methyl sites for hydroxylation is 1. The van der Waals surface area contributed by atoms with Gasteiger partial charge in [0.1, 0.15) is 11.5 Å². The average molecular weight is 416 g/mol. The van der Waals surface area contributed by atoms with Crippen molar-refractivity contribution in [1.29, 1.82) is 0 Å². The van der Waals surface area contributed by atoms with Gasteiger partial charge in [-0.25, -0.2) is 5.43 Å². The molecule has 3 rings (SSSR count). The zero-order chi connectivity index (χ0) is 20.1. The molecule has 1 heterocycles. The Balaban J connectivity index is 1.58. The van der Waals surface area contributed by atoms with E-state index in [0.29, 0.717) is 27.3 Å². The first-order valence-electron chi connectivity index (χ1n) is 8.19. The van der Waals surface area contributed by atoms with E-state index < -0.39 is 11.8 Å². The van der Waals surface area contributed by atoms with E-state index in [0.717, 1.165) is 11.1 Å². The maximum atomic E-state index is 11.9. The van der Waals surface area contributed by atoms with Gasteiger partial charge < -0.3 is 9.73 Å². The minimum absolute atomic E-state index is 0.407. The van der Waals surface area contributed by atoms with E-state index >= 15 is 0 Å². The van der Waals surface area contributed by atoms with Crippen LogP contribution in [0.15, 0.2) is 64.1 Å². The number of carbonyl (C=O) groups is 2. The molecular formula is C20H15Cl2N3O3. The normalized spacial score (nSPS) is 10.8. The van der Waals surface area contributed by atoms with Crippen LogP contribution in [0.1, 0.15) is 11.3 Å². The van der Waals surface area contributed by atoms with Crippen LogP contribution in [-0.2, 0) is 9.59 Å². The molecular weight excluding hydrogens is 401 g/mol. The highest BCUT2D eigenvalue weighted by Crippen LogP contribution is 2.24. The summed E-state index contributed by atoms with van der Waals surface area (Å²) in [6.07, 6.45) is 1.30. The average Bonchev–Trinajstić information content (AvgIpc) is 3.13. The lowest BCUT2D eigenvalue weighted by Crippen LogP contribution is -2.32. The molecule has 0 saturated heterocycles. The van der Waals surface area contributed by atoms with Crippen molar-refractivity contribution in [2.24, 2.45) is 5.10 Å². The molecule has 6 nitrogen and oxygen atoms in total. The molecule has 0 saturated carbocycles. The molecule has 8 heteroatoms. The highest BCUT2D eigenvalue weighted by atomic mass is 35.5. The summed E-state index contributed by atoms with van der Waals surface area (Å²) in [4.78, 5) is 23.8. The number of benzene rings is 2. The Bertz CT molecular complexity index is 1060. The molecule has 0 aliphatic heterocycles. The zero-order valence-electron chi connectivity index (χ0n) is 14.7. The largest absolute Gasteiger partial charge is 0.455 e. The molecule has 0 aliphatic rings. The first-order chi connectivity index (χ1) is 13.4. The predicted octanol–water partition coefficient (Wildman–Crippen LogP) is 4.65. The van der Waals surface area contributed by atoms with Crippen LogP contribution in [0.5, 0.6) is 0 Å². The standard InChI is InChI=1S/C20H15Cl2N3O3/c1-12-9-15(22)5-7-17(12)24-19(26)20(27)25-23-11-16-6-8-18(28-16)13-3-2-4-14(21)10-13/h2-11H,1H3,(H,24,26)(H,25,27)/b23-11+. The fourth-order valence-electron chi connectivity index (χ4n) is 2.37. The van der Waals surface area contributed by atoms with Crippen LogP contribution in [-0.4, -0.2) is 18.0 Å². The van der Waals surface area contributed by atoms with Crippen molar-refractivity contribution in [3.05, 3.63) is 76.0 Å². The number of nitrogens with one attached hydrogen (secondary N) is 2. The van der Waals surface area contributed by atoms with Crippen LogP contribution in [0.3, 0.4) is 0 Å². The highest BCUT2D eigenvalue weighted by molar-refractivity contribution is 6.39. The monoisotopic (exact) mass is 415 g/mol. The number of hydrogen-bond donors (Lipinski definition) is 2. The van der Waals surface area contributed by atoms with E-state index in [1.54, 1.807) is 49.4 Å². The Kier molecular flexibility index (Phi) is 6.13.